The third-order valence-electron chi connectivity index (χ3n) is 5.03. The van der Waals surface area contributed by atoms with E-state index in [1.165, 1.54) is 19.4 Å². The van der Waals surface area contributed by atoms with E-state index in [1.54, 1.807) is 0 Å². The Balaban J connectivity index is 1.72. The van der Waals surface area contributed by atoms with Crippen molar-refractivity contribution in [2.45, 2.75) is 25.3 Å². The van der Waals surface area contributed by atoms with E-state index >= 15 is 0 Å². The molecule has 1 amide bonds. The van der Waals surface area contributed by atoms with Crippen molar-refractivity contribution in [1.82, 2.24) is 9.80 Å². The monoisotopic (exact) mass is 287 g/mol. The van der Waals surface area contributed by atoms with Crippen molar-refractivity contribution < 1.29 is 4.79 Å². The van der Waals surface area contributed by atoms with Crippen LogP contribution in [0.25, 0.3) is 0 Å². The Kier molecular flexibility index (Phi) is 4.00. The summed E-state index contributed by atoms with van der Waals surface area (Å²) in [6.07, 6.45) is 2.78. The highest BCUT2D eigenvalue weighted by atomic mass is 16.1. The van der Waals surface area contributed by atoms with Crippen LogP contribution in [0.2, 0.25) is 0 Å². The number of carbonyl (C=O) groups excluding carboxylic acids is 1. The Hall–Kier alpha value is -1.39. The molecule has 4 heteroatoms. The summed E-state index contributed by atoms with van der Waals surface area (Å²) in [6, 6.07) is 9.92. The molecule has 1 aliphatic carbocycles. The lowest BCUT2D eigenvalue weighted by molar-refractivity contribution is -0.131. The van der Waals surface area contributed by atoms with E-state index in [0.717, 1.165) is 37.7 Å². The highest BCUT2D eigenvalue weighted by molar-refractivity contribution is 5.85. The van der Waals surface area contributed by atoms with Crippen molar-refractivity contribution >= 4 is 5.91 Å². The van der Waals surface area contributed by atoms with E-state index in [-0.39, 0.29) is 5.91 Å². The summed E-state index contributed by atoms with van der Waals surface area (Å²) >= 11 is 0. The summed E-state index contributed by atoms with van der Waals surface area (Å²) in [5, 5.41) is 0. The number of rotatable bonds is 5. The Morgan fingerprint density at radius 1 is 1.19 bits per heavy atom. The quantitative estimate of drug-likeness (QED) is 0.891. The second-order valence-corrected chi connectivity index (χ2v) is 6.53. The van der Waals surface area contributed by atoms with Crippen LogP contribution in [0.15, 0.2) is 30.3 Å². The van der Waals surface area contributed by atoms with E-state index in [2.05, 4.69) is 9.80 Å². The predicted octanol–water partition coefficient (Wildman–Crippen LogP) is 1.41. The van der Waals surface area contributed by atoms with Gasteiger partial charge in [-0.05, 0) is 31.2 Å². The Bertz CT molecular complexity index is 492. The van der Waals surface area contributed by atoms with Crippen LogP contribution >= 0.6 is 0 Å². The summed E-state index contributed by atoms with van der Waals surface area (Å²) in [6.45, 7) is 7.06. The van der Waals surface area contributed by atoms with E-state index in [0.29, 0.717) is 0 Å². The first-order chi connectivity index (χ1) is 10.1. The topological polar surface area (TPSA) is 49.6 Å². The fourth-order valence-electron chi connectivity index (χ4n) is 3.29. The standard InChI is InChI=1S/C17H25N3O/c1-17(16(18)21,15-5-3-2-4-6-15)20-11-9-19(10-12-20)13-14-7-8-14/h2-6,14H,7-13H2,1H3,(H2,18,21). The molecule has 0 spiro atoms. The number of primary amides is 1. The number of hydrogen-bond donors (Lipinski definition) is 1. The molecule has 0 radical (unpaired) electrons. The first-order valence-corrected chi connectivity index (χ1v) is 7.93. The first kappa shape index (κ1) is 14.5. The van der Waals surface area contributed by atoms with Crippen molar-refractivity contribution in [2.75, 3.05) is 32.7 Å². The van der Waals surface area contributed by atoms with Crippen molar-refractivity contribution in [3.05, 3.63) is 35.9 Å². The maximum Gasteiger partial charge on any atom is 0.242 e. The predicted molar refractivity (Wildman–Crippen MR) is 83.7 cm³/mol. The molecule has 1 aromatic carbocycles. The molecule has 0 bridgehead atoms. The zero-order chi connectivity index (χ0) is 14.9. The van der Waals surface area contributed by atoms with Crippen LogP contribution in [-0.4, -0.2) is 48.4 Å². The van der Waals surface area contributed by atoms with Crippen LogP contribution in [0.5, 0.6) is 0 Å². The highest BCUT2D eigenvalue weighted by Gasteiger charge is 2.41. The van der Waals surface area contributed by atoms with Gasteiger partial charge in [-0.2, -0.15) is 0 Å². The van der Waals surface area contributed by atoms with Gasteiger partial charge in [-0.25, -0.2) is 0 Å². The molecule has 1 heterocycles. The minimum absolute atomic E-state index is 0.260. The first-order valence-electron chi connectivity index (χ1n) is 7.93. The molecule has 1 aliphatic heterocycles. The average Bonchev–Trinajstić information content (AvgIpc) is 3.32. The molecule has 1 saturated carbocycles. The number of piperazine rings is 1. The maximum atomic E-state index is 12.2. The van der Waals surface area contributed by atoms with Crippen LogP contribution in [0, 0.1) is 5.92 Å². The lowest BCUT2D eigenvalue weighted by Gasteiger charge is -2.44. The van der Waals surface area contributed by atoms with E-state index in [4.69, 9.17) is 5.73 Å². The molecule has 2 N–H and O–H groups in total. The van der Waals surface area contributed by atoms with Gasteiger partial charge >= 0.3 is 0 Å². The molecule has 4 nitrogen and oxygen atoms in total. The molecular weight excluding hydrogens is 262 g/mol. The van der Waals surface area contributed by atoms with Gasteiger partial charge in [-0.15, -0.1) is 0 Å². The van der Waals surface area contributed by atoms with Gasteiger partial charge in [0, 0.05) is 32.7 Å². The molecule has 2 aliphatic rings. The van der Waals surface area contributed by atoms with Gasteiger partial charge in [0.15, 0.2) is 0 Å². The summed E-state index contributed by atoms with van der Waals surface area (Å²) in [4.78, 5) is 16.9. The van der Waals surface area contributed by atoms with Crippen LogP contribution in [-0.2, 0) is 10.3 Å². The minimum atomic E-state index is -0.701. The molecule has 1 saturated heterocycles. The normalized spacial score (nSPS) is 23.7. The molecule has 1 unspecified atom stereocenters. The molecule has 1 aromatic rings. The van der Waals surface area contributed by atoms with Crippen LogP contribution < -0.4 is 5.73 Å². The van der Waals surface area contributed by atoms with Crippen molar-refractivity contribution in [1.29, 1.82) is 0 Å². The molecule has 3 rings (SSSR count). The molecule has 2 fully saturated rings. The van der Waals surface area contributed by atoms with Crippen molar-refractivity contribution in [3.8, 4) is 0 Å². The molecule has 0 aromatic heterocycles. The van der Waals surface area contributed by atoms with E-state index in [1.807, 2.05) is 37.3 Å². The third kappa shape index (κ3) is 2.97. The largest absolute Gasteiger partial charge is 0.368 e. The Morgan fingerprint density at radius 3 is 2.33 bits per heavy atom. The van der Waals surface area contributed by atoms with Gasteiger partial charge in [-0.1, -0.05) is 30.3 Å². The number of nitrogens with zero attached hydrogens (tertiary/aromatic N) is 2. The van der Waals surface area contributed by atoms with Gasteiger partial charge in [0.05, 0.1) is 0 Å². The fraction of sp³-hybridized carbons (Fsp3) is 0.588. The number of benzene rings is 1. The third-order valence-corrected chi connectivity index (χ3v) is 5.03. The molecule has 114 valence electrons. The van der Waals surface area contributed by atoms with Crippen molar-refractivity contribution in [3.63, 3.8) is 0 Å². The summed E-state index contributed by atoms with van der Waals surface area (Å²) in [5.74, 6) is 0.664. The Morgan fingerprint density at radius 2 is 1.81 bits per heavy atom. The van der Waals surface area contributed by atoms with Gasteiger partial charge in [-0.3, -0.25) is 9.69 Å². The molecule has 21 heavy (non-hydrogen) atoms. The lowest BCUT2D eigenvalue weighted by Crippen LogP contribution is -2.59. The minimum Gasteiger partial charge on any atom is -0.368 e. The van der Waals surface area contributed by atoms with E-state index in [9.17, 15) is 4.79 Å². The maximum absolute atomic E-state index is 12.2. The number of amides is 1. The summed E-state index contributed by atoms with van der Waals surface area (Å²) in [5.41, 5.74) is 6.06. The summed E-state index contributed by atoms with van der Waals surface area (Å²) in [7, 11) is 0. The summed E-state index contributed by atoms with van der Waals surface area (Å²) < 4.78 is 0. The van der Waals surface area contributed by atoms with Crippen LogP contribution in [0.4, 0.5) is 0 Å². The van der Waals surface area contributed by atoms with Crippen LogP contribution in [0.1, 0.15) is 25.3 Å². The van der Waals surface area contributed by atoms with Crippen LogP contribution in [0.3, 0.4) is 0 Å². The molecular formula is C17H25N3O. The lowest BCUT2D eigenvalue weighted by atomic mass is 9.88. The van der Waals surface area contributed by atoms with E-state index < -0.39 is 5.54 Å². The second kappa shape index (κ2) is 5.78. The zero-order valence-corrected chi connectivity index (χ0v) is 12.8. The number of carbonyl (C=O) groups is 1. The van der Waals surface area contributed by atoms with Gasteiger partial charge in [0.2, 0.25) is 5.91 Å². The number of hydrogen-bond acceptors (Lipinski definition) is 3. The highest BCUT2D eigenvalue weighted by Crippen LogP contribution is 2.32. The molecule has 1 atom stereocenters. The smallest absolute Gasteiger partial charge is 0.242 e. The van der Waals surface area contributed by atoms with Gasteiger partial charge in [0.25, 0.3) is 0 Å². The Labute approximate surface area is 126 Å². The second-order valence-electron chi connectivity index (χ2n) is 6.53. The van der Waals surface area contributed by atoms with Gasteiger partial charge < -0.3 is 10.6 Å². The van der Waals surface area contributed by atoms with Crippen molar-refractivity contribution in [2.24, 2.45) is 11.7 Å². The average molecular weight is 287 g/mol. The number of nitrogens with two attached hydrogens (primary N) is 1. The SMILES string of the molecule is CC(C(N)=O)(c1ccccc1)N1CCN(CC2CC2)CC1. The fourth-order valence-corrected chi connectivity index (χ4v) is 3.29. The zero-order valence-electron chi connectivity index (χ0n) is 12.8. The van der Waals surface area contributed by atoms with Gasteiger partial charge in [0.1, 0.15) is 5.54 Å².